The Morgan fingerprint density at radius 2 is 2.05 bits per heavy atom. The number of carbonyl (C=O) groups is 1. The monoisotopic (exact) mass is 331 g/mol. The van der Waals surface area contributed by atoms with E-state index in [1.807, 2.05) is 30.3 Å². The number of hydrogen-bond donors (Lipinski definition) is 1. The number of aliphatic carboxylic acids is 1. The summed E-state index contributed by atoms with van der Waals surface area (Å²) in [5.74, 6) is -0.373. The Balaban J connectivity index is 2.29. The highest BCUT2D eigenvalue weighted by Crippen LogP contribution is 2.28. The van der Waals surface area contributed by atoms with Gasteiger partial charge < -0.3 is 9.67 Å². The zero-order valence-corrected chi connectivity index (χ0v) is 11.9. The fraction of sp³-hybridized carbons (Fsp3) is 0.0714. The van der Waals surface area contributed by atoms with Crippen molar-refractivity contribution in [3.05, 3.63) is 47.1 Å². The number of imidazole rings is 1. The molecule has 1 aromatic carbocycles. The summed E-state index contributed by atoms with van der Waals surface area (Å²) < 4.78 is 2.44. The van der Waals surface area contributed by atoms with Gasteiger partial charge in [0.05, 0.1) is 11.0 Å². The van der Waals surface area contributed by atoms with Crippen molar-refractivity contribution in [1.82, 2.24) is 14.5 Å². The summed E-state index contributed by atoms with van der Waals surface area (Å²) in [5, 5.41) is 9.10. The molecule has 3 aromatic rings. The van der Waals surface area contributed by atoms with Gasteiger partial charge in [-0.15, -0.1) is 0 Å². The van der Waals surface area contributed by atoms with Crippen molar-refractivity contribution in [3.8, 4) is 11.5 Å². The number of hydrogen-bond acceptors (Lipinski definition) is 3. The first-order valence-electron chi connectivity index (χ1n) is 5.95. The minimum absolute atomic E-state index is 0.154. The van der Waals surface area contributed by atoms with Crippen LogP contribution in [-0.2, 0) is 11.3 Å². The molecule has 1 N–H and O–H groups in total. The first kappa shape index (κ1) is 12.8. The summed E-state index contributed by atoms with van der Waals surface area (Å²) in [6.45, 7) is -0.154. The van der Waals surface area contributed by atoms with Crippen molar-refractivity contribution in [2.24, 2.45) is 0 Å². The van der Waals surface area contributed by atoms with Gasteiger partial charge in [-0.05, 0) is 40.2 Å². The summed E-state index contributed by atoms with van der Waals surface area (Å²) in [4.78, 5) is 19.9. The van der Waals surface area contributed by atoms with E-state index in [9.17, 15) is 4.79 Å². The number of para-hydroxylation sites is 2. The van der Waals surface area contributed by atoms with Crippen LogP contribution in [0, 0.1) is 0 Å². The molecule has 0 aliphatic carbocycles. The van der Waals surface area contributed by atoms with Gasteiger partial charge in [0.1, 0.15) is 12.2 Å². The number of pyridine rings is 1. The molecule has 0 saturated heterocycles. The molecule has 0 radical (unpaired) electrons. The number of carboxylic acids is 1. The average Bonchev–Trinajstić information content (AvgIpc) is 2.78. The maximum absolute atomic E-state index is 11.1. The Labute approximate surface area is 123 Å². The smallest absolute Gasteiger partial charge is 0.323 e. The number of benzene rings is 1. The molecule has 0 spiro atoms. The zero-order chi connectivity index (χ0) is 14.1. The third-order valence-corrected chi connectivity index (χ3v) is 3.56. The molecule has 5 nitrogen and oxygen atoms in total. The molecule has 0 aliphatic rings. The maximum atomic E-state index is 11.1. The summed E-state index contributed by atoms with van der Waals surface area (Å²) in [6, 6.07) is 11.1. The molecular weight excluding hydrogens is 322 g/mol. The summed E-state index contributed by atoms with van der Waals surface area (Å²) in [6.07, 6.45) is 1.66. The number of fused-ring (bicyclic) bond motifs is 1. The highest BCUT2D eigenvalue weighted by molar-refractivity contribution is 9.10. The molecule has 3 rings (SSSR count). The fourth-order valence-electron chi connectivity index (χ4n) is 2.10. The molecule has 0 saturated carbocycles. The maximum Gasteiger partial charge on any atom is 0.323 e. The summed E-state index contributed by atoms with van der Waals surface area (Å²) in [5.41, 5.74) is 2.16. The Morgan fingerprint density at radius 1 is 1.25 bits per heavy atom. The van der Waals surface area contributed by atoms with Crippen LogP contribution in [0.15, 0.2) is 47.1 Å². The quantitative estimate of drug-likeness (QED) is 0.801. The van der Waals surface area contributed by atoms with Crippen LogP contribution in [0.5, 0.6) is 0 Å². The molecule has 0 fully saturated rings. The van der Waals surface area contributed by atoms with Crippen LogP contribution in [0.2, 0.25) is 0 Å². The minimum Gasteiger partial charge on any atom is -0.480 e. The van der Waals surface area contributed by atoms with Crippen molar-refractivity contribution in [1.29, 1.82) is 0 Å². The summed E-state index contributed by atoms with van der Waals surface area (Å²) in [7, 11) is 0. The van der Waals surface area contributed by atoms with Crippen LogP contribution in [0.25, 0.3) is 22.6 Å². The van der Waals surface area contributed by atoms with E-state index >= 15 is 0 Å². The van der Waals surface area contributed by atoms with Gasteiger partial charge in [0.2, 0.25) is 0 Å². The van der Waals surface area contributed by atoms with Gasteiger partial charge in [-0.2, -0.15) is 0 Å². The lowest BCUT2D eigenvalue weighted by atomic mass is 10.3. The van der Waals surface area contributed by atoms with Gasteiger partial charge in [0.25, 0.3) is 0 Å². The van der Waals surface area contributed by atoms with Gasteiger partial charge in [-0.3, -0.25) is 9.78 Å². The highest BCUT2D eigenvalue weighted by atomic mass is 79.9. The Morgan fingerprint density at radius 3 is 2.80 bits per heavy atom. The number of nitrogens with zero attached hydrogens (tertiary/aromatic N) is 3. The van der Waals surface area contributed by atoms with E-state index < -0.39 is 5.97 Å². The van der Waals surface area contributed by atoms with Crippen molar-refractivity contribution in [2.45, 2.75) is 6.54 Å². The topological polar surface area (TPSA) is 68.0 Å². The van der Waals surface area contributed by atoms with Crippen molar-refractivity contribution >= 4 is 32.9 Å². The van der Waals surface area contributed by atoms with E-state index in [1.165, 1.54) is 0 Å². The second kappa shape index (κ2) is 5.05. The predicted molar refractivity (Wildman–Crippen MR) is 78.3 cm³/mol. The standard InChI is InChI=1S/C14H10BrN3O2/c15-9-4-3-7-16-13(9)14-17-10-5-1-2-6-11(10)18(14)8-12(19)20/h1-7H,8H2,(H,19,20). The Hall–Kier alpha value is -2.21. The van der Waals surface area contributed by atoms with Crippen molar-refractivity contribution in [3.63, 3.8) is 0 Å². The normalized spacial score (nSPS) is 10.8. The van der Waals surface area contributed by atoms with Gasteiger partial charge >= 0.3 is 5.97 Å². The molecule has 6 heteroatoms. The van der Waals surface area contributed by atoms with Crippen LogP contribution < -0.4 is 0 Å². The third-order valence-electron chi connectivity index (χ3n) is 2.92. The number of carboxylic acid groups (broad SMARTS) is 1. The molecule has 0 amide bonds. The predicted octanol–water partition coefficient (Wildman–Crippen LogP) is 2.95. The van der Waals surface area contributed by atoms with E-state index in [1.54, 1.807) is 16.8 Å². The van der Waals surface area contributed by atoms with Crippen LogP contribution in [0.4, 0.5) is 0 Å². The first-order chi connectivity index (χ1) is 9.66. The van der Waals surface area contributed by atoms with Gasteiger partial charge in [-0.25, -0.2) is 4.98 Å². The van der Waals surface area contributed by atoms with Gasteiger partial charge in [0.15, 0.2) is 5.82 Å². The second-order valence-electron chi connectivity index (χ2n) is 4.24. The lowest BCUT2D eigenvalue weighted by Gasteiger charge is -2.06. The molecule has 100 valence electrons. The zero-order valence-electron chi connectivity index (χ0n) is 10.3. The van der Waals surface area contributed by atoms with E-state index in [0.717, 1.165) is 15.5 Å². The number of rotatable bonds is 3. The van der Waals surface area contributed by atoms with Gasteiger partial charge in [0, 0.05) is 10.7 Å². The Kier molecular flexibility index (Phi) is 3.23. The molecule has 0 unspecified atom stereocenters. The van der Waals surface area contributed by atoms with E-state index in [2.05, 4.69) is 25.9 Å². The molecule has 0 bridgehead atoms. The van der Waals surface area contributed by atoms with Crippen LogP contribution in [-0.4, -0.2) is 25.6 Å². The number of aromatic nitrogens is 3. The van der Waals surface area contributed by atoms with Gasteiger partial charge in [-0.1, -0.05) is 12.1 Å². The van der Waals surface area contributed by atoms with Crippen molar-refractivity contribution < 1.29 is 9.90 Å². The van der Waals surface area contributed by atoms with E-state index in [0.29, 0.717) is 11.5 Å². The molecule has 0 aliphatic heterocycles. The van der Waals surface area contributed by atoms with Crippen molar-refractivity contribution in [2.75, 3.05) is 0 Å². The van der Waals surface area contributed by atoms with E-state index in [4.69, 9.17) is 5.11 Å². The fourth-order valence-corrected chi connectivity index (χ4v) is 2.53. The summed E-state index contributed by atoms with van der Waals surface area (Å²) >= 11 is 3.43. The average molecular weight is 332 g/mol. The van der Waals surface area contributed by atoms with Crippen LogP contribution in [0.3, 0.4) is 0 Å². The molecule has 0 atom stereocenters. The Bertz CT molecular complexity index is 798. The largest absolute Gasteiger partial charge is 0.480 e. The first-order valence-corrected chi connectivity index (χ1v) is 6.74. The second-order valence-corrected chi connectivity index (χ2v) is 5.09. The third kappa shape index (κ3) is 2.18. The lowest BCUT2D eigenvalue weighted by Crippen LogP contribution is -2.10. The van der Waals surface area contributed by atoms with Crippen LogP contribution >= 0.6 is 15.9 Å². The molecular formula is C14H10BrN3O2. The highest BCUT2D eigenvalue weighted by Gasteiger charge is 2.17. The molecule has 2 aromatic heterocycles. The van der Waals surface area contributed by atoms with Crippen LogP contribution in [0.1, 0.15) is 0 Å². The molecule has 2 heterocycles. The number of halogens is 1. The van der Waals surface area contributed by atoms with E-state index in [-0.39, 0.29) is 6.54 Å². The lowest BCUT2D eigenvalue weighted by molar-refractivity contribution is -0.137. The molecule has 20 heavy (non-hydrogen) atoms. The SMILES string of the molecule is O=C(O)Cn1c(-c2ncccc2Br)nc2ccccc21. The minimum atomic E-state index is -0.915.